The van der Waals surface area contributed by atoms with Gasteiger partial charge in [-0.1, -0.05) is 0 Å². The second kappa shape index (κ2) is 0.784. The van der Waals surface area contributed by atoms with Crippen molar-refractivity contribution in [2.24, 2.45) is 11.8 Å². The van der Waals surface area contributed by atoms with Crippen molar-refractivity contribution in [3.8, 4) is 0 Å². The van der Waals surface area contributed by atoms with E-state index >= 15 is 0 Å². The summed E-state index contributed by atoms with van der Waals surface area (Å²) in [7, 11) is 0. The number of rotatable bonds is 0. The molecule has 1 heterocycles. The van der Waals surface area contributed by atoms with Crippen LogP contribution in [0.15, 0.2) is 0 Å². The van der Waals surface area contributed by atoms with E-state index in [1.54, 1.807) is 0 Å². The fourth-order valence-corrected chi connectivity index (χ4v) is 1.11. The van der Waals surface area contributed by atoms with Gasteiger partial charge in [0.05, 0.1) is 0 Å². The molecule has 0 amide bonds. The molecule has 2 rings (SSSR count). The van der Waals surface area contributed by atoms with Crippen molar-refractivity contribution in [1.29, 1.82) is 0 Å². The van der Waals surface area contributed by atoms with Gasteiger partial charge in [-0.05, 0) is 31.3 Å². The van der Waals surface area contributed by atoms with Gasteiger partial charge in [0.25, 0.3) is 0 Å². The van der Waals surface area contributed by atoms with Gasteiger partial charge in [0.15, 0.2) is 0 Å². The van der Waals surface area contributed by atoms with Crippen LogP contribution < -0.4 is 5.32 Å². The largest absolute Gasteiger partial charge is 0.316 e. The standard InChI is InChI=1S/C5H8N/c1-4-2-6-3-5(1)4/h1,4-6H,2-3H2. The summed E-state index contributed by atoms with van der Waals surface area (Å²) in [5.74, 6) is 1.95. The van der Waals surface area contributed by atoms with E-state index < -0.39 is 0 Å². The van der Waals surface area contributed by atoms with Crippen LogP contribution in [0.2, 0.25) is 0 Å². The van der Waals surface area contributed by atoms with E-state index in [4.69, 9.17) is 0 Å². The van der Waals surface area contributed by atoms with Crippen LogP contribution >= 0.6 is 0 Å². The molecular weight excluding hydrogens is 74.1 g/mol. The second-order valence-electron chi connectivity index (χ2n) is 2.18. The van der Waals surface area contributed by atoms with E-state index in [1.165, 1.54) is 13.1 Å². The molecule has 33 valence electrons. The highest BCUT2D eigenvalue weighted by Gasteiger charge is 2.40. The Morgan fingerprint density at radius 1 is 1.33 bits per heavy atom. The van der Waals surface area contributed by atoms with E-state index in [2.05, 4.69) is 11.7 Å². The molecule has 0 spiro atoms. The Morgan fingerprint density at radius 2 is 2.00 bits per heavy atom. The Labute approximate surface area is 37.7 Å². The molecule has 1 aliphatic heterocycles. The lowest BCUT2D eigenvalue weighted by atomic mass is 10.4. The second-order valence-corrected chi connectivity index (χ2v) is 2.18. The van der Waals surface area contributed by atoms with E-state index in [1.807, 2.05) is 0 Å². The third kappa shape index (κ3) is 0.243. The van der Waals surface area contributed by atoms with Crippen LogP contribution in [0.25, 0.3) is 0 Å². The van der Waals surface area contributed by atoms with Gasteiger partial charge in [0.1, 0.15) is 0 Å². The molecule has 2 atom stereocenters. The van der Waals surface area contributed by atoms with Crippen molar-refractivity contribution in [1.82, 2.24) is 5.32 Å². The maximum absolute atomic E-state index is 3.29. The van der Waals surface area contributed by atoms with E-state index in [9.17, 15) is 0 Å². The highest BCUT2D eigenvalue weighted by Crippen LogP contribution is 2.39. The zero-order chi connectivity index (χ0) is 3.98. The minimum absolute atomic E-state index is 0.977. The predicted molar refractivity (Wildman–Crippen MR) is 24.1 cm³/mol. The minimum atomic E-state index is 0.977. The average Bonchev–Trinajstić information content (AvgIpc) is 2.17. The number of nitrogens with one attached hydrogen (secondary N) is 1. The fraction of sp³-hybridized carbons (Fsp3) is 0.800. The molecule has 1 saturated heterocycles. The fourth-order valence-electron chi connectivity index (χ4n) is 1.11. The Hall–Kier alpha value is -0.0400. The van der Waals surface area contributed by atoms with E-state index in [0.717, 1.165) is 11.8 Å². The number of fused-ring (bicyclic) bond motifs is 1. The van der Waals surface area contributed by atoms with Crippen molar-refractivity contribution < 1.29 is 0 Å². The van der Waals surface area contributed by atoms with Gasteiger partial charge in [-0.15, -0.1) is 0 Å². The highest BCUT2D eigenvalue weighted by atomic mass is 14.9. The molecule has 1 aliphatic carbocycles. The maximum Gasteiger partial charge on any atom is -0.00143 e. The van der Waals surface area contributed by atoms with Crippen molar-refractivity contribution in [2.75, 3.05) is 13.1 Å². The third-order valence-electron chi connectivity index (χ3n) is 1.66. The van der Waals surface area contributed by atoms with Gasteiger partial charge in [0, 0.05) is 0 Å². The molecule has 1 nitrogen and oxygen atoms in total. The molecule has 2 unspecified atom stereocenters. The van der Waals surface area contributed by atoms with Crippen LogP contribution in [0.3, 0.4) is 0 Å². The summed E-state index contributed by atoms with van der Waals surface area (Å²) >= 11 is 0. The molecule has 0 aromatic carbocycles. The molecule has 2 fully saturated rings. The van der Waals surface area contributed by atoms with E-state index in [-0.39, 0.29) is 0 Å². The minimum Gasteiger partial charge on any atom is -0.316 e. The summed E-state index contributed by atoms with van der Waals surface area (Å²) in [6.07, 6.45) is 2.41. The summed E-state index contributed by atoms with van der Waals surface area (Å²) in [6, 6.07) is 0. The molecule has 2 aliphatic rings. The van der Waals surface area contributed by atoms with Crippen LogP contribution in [0.4, 0.5) is 0 Å². The number of hydrogen-bond donors (Lipinski definition) is 1. The first-order chi connectivity index (χ1) is 2.97. The zero-order valence-electron chi connectivity index (χ0n) is 3.65. The first-order valence-electron chi connectivity index (χ1n) is 2.52. The lowest BCUT2D eigenvalue weighted by molar-refractivity contribution is 0.778. The molecular formula is C5H8N. The van der Waals surface area contributed by atoms with Crippen LogP contribution in [0.1, 0.15) is 0 Å². The molecule has 0 aromatic rings. The van der Waals surface area contributed by atoms with Crippen molar-refractivity contribution in [2.45, 2.75) is 0 Å². The topological polar surface area (TPSA) is 12.0 Å². The average molecular weight is 82.1 g/mol. The Morgan fingerprint density at radius 3 is 2.17 bits per heavy atom. The summed E-state index contributed by atoms with van der Waals surface area (Å²) in [5, 5.41) is 3.29. The quantitative estimate of drug-likeness (QED) is 0.435. The Bertz CT molecular complexity index is 62.3. The summed E-state index contributed by atoms with van der Waals surface area (Å²) < 4.78 is 0. The molecule has 1 radical (unpaired) electrons. The summed E-state index contributed by atoms with van der Waals surface area (Å²) in [5.41, 5.74) is 0. The molecule has 1 heteroatoms. The van der Waals surface area contributed by atoms with E-state index in [0.29, 0.717) is 0 Å². The maximum atomic E-state index is 3.29. The lowest BCUT2D eigenvalue weighted by Crippen LogP contribution is -2.10. The van der Waals surface area contributed by atoms with Gasteiger partial charge < -0.3 is 5.32 Å². The third-order valence-corrected chi connectivity index (χ3v) is 1.66. The molecule has 1 saturated carbocycles. The Kier molecular flexibility index (Phi) is 0.396. The molecule has 0 bridgehead atoms. The van der Waals surface area contributed by atoms with Gasteiger partial charge in [-0.2, -0.15) is 0 Å². The normalized spacial score (nSPS) is 52.0. The smallest absolute Gasteiger partial charge is 0.00143 e. The zero-order valence-corrected chi connectivity index (χ0v) is 3.65. The summed E-state index contributed by atoms with van der Waals surface area (Å²) in [4.78, 5) is 0. The van der Waals surface area contributed by atoms with Crippen molar-refractivity contribution >= 4 is 0 Å². The van der Waals surface area contributed by atoms with Crippen LogP contribution in [-0.2, 0) is 0 Å². The molecule has 1 N–H and O–H groups in total. The van der Waals surface area contributed by atoms with Gasteiger partial charge in [-0.3, -0.25) is 0 Å². The van der Waals surface area contributed by atoms with Crippen molar-refractivity contribution in [3.05, 3.63) is 6.42 Å². The summed E-state index contributed by atoms with van der Waals surface area (Å²) in [6.45, 7) is 2.51. The van der Waals surface area contributed by atoms with Crippen LogP contribution in [0, 0.1) is 18.3 Å². The van der Waals surface area contributed by atoms with Crippen LogP contribution in [0.5, 0.6) is 0 Å². The number of piperidine rings is 1. The molecule has 6 heavy (non-hydrogen) atoms. The van der Waals surface area contributed by atoms with Crippen molar-refractivity contribution in [3.63, 3.8) is 0 Å². The van der Waals surface area contributed by atoms with Crippen LogP contribution in [-0.4, -0.2) is 13.1 Å². The number of hydrogen-bond acceptors (Lipinski definition) is 1. The van der Waals surface area contributed by atoms with Gasteiger partial charge in [-0.25, -0.2) is 0 Å². The lowest BCUT2D eigenvalue weighted by Gasteiger charge is -1.86. The monoisotopic (exact) mass is 82.1 g/mol. The highest BCUT2D eigenvalue weighted by molar-refractivity contribution is 5.11. The Balaban J connectivity index is 2.09. The SMILES string of the molecule is [CH]1C2CNCC12. The predicted octanol–water partition coefficient (Wildman–Crippen LogP) is 0.0399. The first kappa shape index (κ1) is 3.03. The molecule has 0 aromatic heterocycles. The van der Waals surface area contributed by atoms with Gasteiger partial charge in [0.2, 0.25) is 0 Å². The first-order valence-corrected chi connectivity index (χ1v) is 2.52. The van der Waals surface area contributed by atoms with Gasteiger partial charge >= 0.3 is 0 Å².